The van der Waals surface area contributed by atoms with Crippen LogP contribution < -0.4 is 4.74 Å². The number of carbonyl (C=O) groups is 1. The Hall–Kier alpha value is -2.51. The molecule has 1 amide bonds. The van der Waals surface area contributed by atoms with Crippen molar-refractivity contribution in [3.8, 4) is 5.75 Å². The molecule has 148 valence electrons. The van der Waals surface area contributed by atoms with Crippen molar-refractivity contribution in [2.45, 2.75) is 33.7 Å². The summed E-state index contributed by atoms with van der Waals surface area (Å²) < 4.78 is 9.02. The van der Waals surface area contributed by atoms with Crippen LogP contribution in [0, 0.1) is 6.92 Å². The lowest BCUT2D eigenvalue weighted by Crippen LogP contribution is -2.28. The summed E-state index contributed by atoms with van der Waals surface area (Å²) in [6, 6.07) is 7.20. The van der Waals surface area contributed by atoms with Crippen LogP contribution in [0.1, 0.15) is 28.7 Å². The van der Waals surface area contributed by atoms with Crippen LogP contribution in [-0.4, -0.2) is 37.4 Å². The largest absolute Gasteiger partial charge is 0.470 e. The van der Waals surface area contributed by atoms with Gasteiger partial charge in [0.1, 0.15) is 5.75 Å². The van der Waals surface area contributed by atoms with Gasteiger partial charge in [-0.3, -0.25) is 9.48 Å². The molecule has 0 spiro atoms. The van der Waals surface area contributed by atoms with E-state index in [0.29, 0.717) is 34.6 Å². The van der Waals surface area contributed by atoms with Crippen LogP contribution >= 0.6 is 23.2 Å². The van der Waals surface area contributed by atoms with E-state index in [1.165, 1.54) is 0 Å². The molecular formula is C19H21Cl2N5O2. The van der Waals surface area contributed by atoms with Gasteiger partial charge < -0.3 is 9.64 Å². The average molecular weight is 422 g/mol. The van der Waals surface area contributed by atoms with Crippen molar-refractivity contribution in [1.29, 1.82) is 0 Å². The maximum atomic E-state index is 12.7. The molecule has 0 radical (unpaired) electrons. The number of aromatic nitrogens is 4. The van der Waals surface area contributed by atoms with E-state index in [-0.39, 0.29) is 12.6 Å². The molecule has 2 aromatic heterocycles. The highest BCUT2D eigenvalue weighted by Gasteiger charge is 2.18. The monoisotopic (exact) mass is 421 g/mol. The topological polar surface area (TPSA) is 65.2 Å². The molecule has 1 aromatic carbocycles. The molecule has 2 heterocycles. The van der Waals surface area contributed by atoms with Crippen LogP contribution in [0.2, 0.25) is 10.0 Å². The molecule has 7 nitrogen and oxygen atoms in total. The SMILES string of the molecule is CCn1ncc(Cl)c1CN(C)C(=O)c1ccn(COc2cc(C)ccc2Cl)n1. The van der Waals surface area contributed by atoms with E-state index in [4.69, 9.17) is 27.9 Å². The number of hydrogen-bond acceptors (Lipinski definition) is 4. The molecule has 0 atom stereocenters. The summed E-state index contributed by atoms with van der Waals surface area (Å²) in [5, 5.41) is 9.55. The average Bonchev–Trinajstić information content (AvgIpc) is 3.29. The minimum Gasteiger partial charge on any atom is -0.470 e. The van der Waals surface area contributed by atoms with Crippen LogP contribution in [-0.2, 0) is 19.8 Å². The highest BCUT2D eigenvalue weighted by molar-refractivity contribution is 6.32. The van der Waals surface area contributed by atoms with Gasteiger partial charge in [-0.25, -0.2) is 4.68 Å². The van der Waals surface area contributed by atoms with E-state index in [0.717, 1.165) is 11.3 Å². The van der Waals surface area contributed by atoms with Gasteiger partial charge in [0.15, 0.2) is 12.4 Å². The quantitative estimate of drug-likeness (QED) is 0.577. The van der Waals surface area contributed by atoms with Crippen molar-refractivity contribution in [2.75, 3.05) is 7.05 Å². The normalized spacial score (nSPS) is 10.9. The molecule has 0 N–H and O–H groups in total. The molecule has 0 aliphatic heterocycles. The van der Waals surface area contributed by atoms with E-state index in [9.17, 15) is 4.79 Å². The van der Waals surface area contributed by atoms with Gasteiger partial charge in [-0.2, -0.15) is 10.2 Å². The number of benzene rings is 1. The second kappa shape index (κ2) is 8.67. The van der Waals surface area contributed by atoms with Gasteiger partial charge in [0, 0.05) is 19.8 Å². The molecule has 3 aromatic rings. The number of carbonyl (C=O) groups excluding carboxylic acids is 1. The van der Waals surface area contributed by atoms with Gasteiger partial charge in [-0.1, -0.05) is 29.3 Å². The fourth-order valence-corrected chi connectivity index (χ4v) is 3.09. The fraction of sp³-hybridized carbons (Fsp3) is 0.316. The summed E-state index contributed by atoms with van der Waals surface area (Å²) in [6.07, 6.45) is 3.27. The second-order valence-electron chi connectivity index (χ2n) is 6.36. The number of amides is 1. The molecule has 0 bridgehead atoms. The van der Waals surface area contributed by atoms with Crippen LogP contribution in [0.3, 0.4) is 0 Å². The maximum Gasteiger partial charge on any atom is 0.274 e. The standard InChI is InChI=1S/C19H21Cl2N5O2/c1-4-26-17(15(21)10-22-26)11-24(3)19(27)16-7-8-25(23-16)12-28-18-9-13(2)5-6-14(18)20/h5-10H,4,11-12H2,1-3H3. The molecule has 0 unspecified atom stereocenters. The Kier molecular flexibility index (Phi) is 6.26. The molecule has 9 heteroatoms. The maximum absolute atomic E-state index is 12.7. The molecule has 0 saturated carbocycles. The van der Waals surface area contributed by atoms with Gasteiger partial charge in [-0.15, -0.1) is 0 Å². The third-order valence-corrected chi connectivity index (χ3v) is 4.86. The lowest BCUT2D eigenvalue weighted by Gasteiger charge is -2.17. The first-order valence-electron chi connectivity index (χ1n) is 8.77. The Morgan fingerprint density at radius 1 is 1.25 bits per heavy atom. The number of aryl methyl sites for hydroxylation is 2. The summed E-state index contributed by atoms with van der Waals surface area (Å²) in [6.45, 7) is 5.09. The highest BCUT2D eigenvalue weighted by atomic mass is 35.5. The van der Waals surface area contributed by atoms with Gasteiger partial charge in [-0.05, 0) is 37.6 Å². The van der Waals surface area contributed by atoms with Gasteiger partial charge in [0.25, 0.3) is 5.91 Å². The number of nitrogens with zero attached hydrogens (tertiary/aromatic N) is 5. The third-order valence-electron chi connectivity index (χ3n) is 4.23. The minimum atomic E-state index is -0.216. The minimum absolute atomic E-state index is 0.147. The Morgan fingerprint density at radius 2 is 2.04 bits per heavy atom. The van der Waals surface area contributed by atoms with E-state index >= 15 is 0 Å². The predicted molar refractivity (Wildman–Crippen MR) is 108 cm³/mol. The lowest BCUT2D eigenvalue weighted by molar-refractivity contribution is 0.0773. The number of hydrogen-bond donors (Lipinski definition) is 0. The Balaban J connectivity index is 1.64. The van der Waals surface area contributed by atoms with Crippen molar-refractivity contribution >= 4 is 29.1 Å². The first-order valence-corrected chi connectivity index (χ1v) is 9.52. The molecule has 3 rings (SSSR count). The number of halogens is 2. The second-order valence-corrected chi connectivity index (χ2v) is 7.18. The van der Waals surface area contributed by atoms with Crippen molar-refractivity contribution in [3.63, 3.8) is 0 Å². The van der Waals surface area contributed by atoms with Crippen LogP contribution in [0.4, 0.5) is 0 Å². The lowest BCUT2D eigenvalue weighted by atomic mass is 10.2. The molecule has 28 heavy (non-hydrogen) atoms. The van der Waals surface area contributed by atoms with E-state index < -0.39 is 0 Å². The molecule has 0 aliphatic carbocycles. The van der Waals surface area contributed by atoms with E-state index in [1.54, 1.807) is 45.8 Å². The zero-order valence-corrected chi connectivity index (χ0v) is 17.4. The Labute approximate surface area is 173 Å². The highest BCUT2D eigenvalue weighted by Crippen LogP contribution is 2.25. The third kappa shape index (κ3) is 4.48. The van der Waals surface area contributed by atoms with Crippen molar-refractivity contribution in [3.05, 3.63) is 63.7 Å². The van der Waals surface area contributed by atoms with E-state index in [2.05, 4.69) is 10.2 Å². The van der Waals surface area contributed by atoms with Gasteiger partial charge in [0.2, 0.25) is 0 Å². The molecular weight excluding hydrogens is 401 g/mol. The zero-order chi connectivity index (χ0) is 20.3. The van der Waals surface area contributed by atoms with Crippen molar-refractivity contribution in [2.24, 2.45) is 0 Å². The van der Waals surface area contributed by atoms with Gasteiger partial charge >= 0.3 is 0 Å². The van der Waals surface area contributed by atoms with Crippen LogP contribution in [0.5, 0.6) is 5.75 Å². The van der Waals surface area contributed by atoms with Crippen LogP contribution in [0.15, 0.2) is 36.7 Å². The summed E-state index contributed by atoms with van der Waals surface area (Å²) >= 11 is 12.3. The Bertz CT molecular complexity index is 983. The van der Waals surface area contributed by atoms with Crippen LogP contribution in [0.25, 0.3) is 0 Å². The zero-order valence-electron chi connectivity index (χ0n) is 15.9. The first kappa shape index (κ1) is 20.2. The smallest absolute Gasteiger partial charge is 0.274 e. The number of rotatable bonds is 7. The van der Waals surface area contributed by atoms with Gasteiger partial charge in [0.05, 0.1) is 28.5 Å². The van der Waals surface area contributed by atoms with E-state index in [1.807, 2.05) is 26.0 Å². The molecule has 0 aliphatic rings. The fourth-order valence-electron chi connectivity index (χ4n) is 2.71. The predicted octanol–water partition coefficient (Wildman–Crippen LogP) is 4.02. The summed E-state index contributed by atoms with van der Waals surface area (Å²) in [5.74, 6) is 0.358. The summed E-state index contributed by atoms with van der Waals surface area (Å²) in [7, 11) is 1.70. The molecule has 0 saturated heterocycles. The van der Waals surface area contributed by atoms with Crippen molar-refractivity contribution in [1.82, 2.24) is 24.5 Å². The summed E-state index contributed by atoms with van der Waals surface area (Å²) in [5.41, 5.74) is 2.15. The number of ether oxygens (including phenoxy) is 1. The summed E-state index contributed by atoms with van der Waals surface area (Å²) in [4.78, 5) is 14.2. The molecule has 0 fully saturated rings. The van der Waals surface area contributed by atoms with Crippen molar-refractivity contribution < 1.29 is 9.53 Å². The first-order chi connectivity index (χ1) is 13.4. The Morgan fingerprint density at radius 3 is 2.79 bits per heavy atom.